The first-order chi connectivity index (χ1) is 6.04. The molecule has 13 heavy (non-hydrogen) atoms. The first-order valence-corrected chi connectivity index (χ1v) is 4.62. The third-order valence-corrected chi connectivity index (χ3v) is 1.25. The van der Waals surface area contributed by atoms with Gasteiger partial charge in [0.2, 0.25) is 0 Å². The SMILES string of the molecule is CC(O)CC(C)O.OCCCCO. The highest BCUT2D eigenvalue weighted by Crippen LogP contribution is 1.93. The van der Waals surface area contributed by atoms with Crippen LogP contribution in [-0.4, -0.2) is 45.8 Å². The molecule has 0 bridgehead atoms. The van der Waals surface area contributed by atoms with Gasteiger partial charge in [-0.1, -0.05) is 0 Å². The van der Waals surface area contributed by atoms with Crippen molar-refractivity contribution in [1.82, 2.24) is 0 Å². The van der Waals surface area contributed by atoms with Crippen LogP contribution in [0.15, 0.2) is 0 Å². The van der Waals surface area contributed by atoms with Crippen LogP contribution < -0.4 is 0 Å². The van der Waals surface area contributed by atoms with Crippen LogP contribution in [0.3, 0.4) is 0 Å². The molecule has 4 nitrogen and oxygen atoms in total. The number of unbranched alkanes of at least 4 members (excludes halogenated alkanes) is 1. The average Bonchev–Trinajstić information content (AvgIpc) is 1.99. The molecule has 0 saturated heterocycles. The van der Waals surface area contributed by atoms with Crippen LogP contribution in [0, 0.1) is 0 Å². The van der Waals surface area contributed by atoms with Crippen molar-refractivity contribution >= 4 is 0 Å². The lowest BCUT2D eigenvalue weighted by atomic mass is 10.2. The number of aliphatic hydroxyl groups excluding tert-OH is 4. The Morgan fingerprint density at radius 3 is 1.23 bits per heavy atom. The molecule has 4 heteroatoms. The summed E-state index contributed by atoms with van der Waals surface area (Å²) < 4.78 is 0. The summed E-state index contributed by atoms with van der Waals surface area (Å²) in [5, 5.41) is 33.3. The molecule has 0 amide bonds. The van der Waals surface area contributed by atoms with Gasteiger partial charge >= 0.3 is 0 Å². The van der Waals surface area contributed by atoms with Crippen molar-refractivity contribution in [3.05, 3.63) is 0 Å². The van der Waals surface area contributed by atoms with E-state index in [1.54, 1.807) is 13.8 Å². The molecule has 0 aliphatic heterocycles. The molecule has 0 spiro atoms. The fourth-order valence-corrected chi connectivity index (χ4v) is 0.717. The van der Waals surface area contributed by atoms with Crippen LogP contribution in [0.25, 0.3) is 0 Å². The van der Waals surface area contributed by atoms with E-state index in [-0.39, 0.29) is 25.4 Å². The molecule has 0 aromatic rings. The zero-order valence-corrected chi connectivity index (χ0v) is 8.48. The van der Waals surface area contributed by atoms with E-state index in [4.69, 9.17) is 20.4 Å². The van der Waals surface area contributed by atoms with Gasteiger partial charge in [-0.3, -0.25) is 0 Å². The molecule has 82 valence electrons. The smallest absolute Gasteiger partial charge is 0.0536 e. The van der Waals surface area contributed by atoms with Crippen molar-refractivity contribution in [3.63, 3.8) is 0 Å². The number of aliphatic hydroxyl groups is 4. The fraction of sp³-hybridized carbons (Fsp3) is 1.00. The summed E-state index contributed by atoms with van der Waals surface area (Å²) >= 11 is 0. The topological polar surface area (TPSA) is 80.9 Å². The van der Waals surface area contributed by atoms with Crippen LogP contribution in [0.4, 0.5) is 0 Å². The molecule has 0 aliphatic carbocycles. The Morgan fingerprint density at radius 1 is 0.846 bits per heavy atom. The molecule has 0 rings (SSSR count). The van der Waals surface area contributed by atoms with Gasteiger partial charge in [-0.25, -0.2) is 0 Å². The maximum atomic E-state index is 8.56. The highest BCUT2D eigenvalue weighted by Gasteiger charge is 1.98. The van der Waals surface area contributed by atoms with Crippen LogP contribution in [-0.2, 0) is 0 Å². The summed E-state index contributed by atoms with van der Waals surface area (Å²) in [5.41, 5.74) is 0. The van der Waals surface area contributed by atoms with Gasteiger partial charge in [0.15, 0.2) is 0 Å². The summed E-state index contributed by atoms with van der Waals surface area (Å²) in [4.78, 5) is 0. The van der Waals surface area contributed by atoms with E-state index < -0.39 is 0 Å². The standard InChI is InChI=1S/C5H12O2.C4H10O2/c1-4(6)3-5(2)7;5-3-1-2-4-6/h4-7H,3H2,1-2H3;5-6H,1-4H2. The van der Waals surface area contributed by atoms with Gasteiger partial charge in [-0.2, -0.15) is 0 Å². The van der Waals surface area contributed by atoms with Gasteiger partial charge in [0.25, 0.3) is 0 Å². The zero-order valence-electron chi connectivity index (χ0n) is 8.48. The second-order valence-electron chi connectivity index (χ2n) is 3.09. The molecular weight excluding hydrogens is 172 g/mol. The molecule has 0 saturated carbocycles. The van der Waals surface area contributed by atoms with Crippen molar-refractivity contribution in [2.75, 3.05) is 13.2 Å². The van der Waals surface area contributed by atoms with Gasteiger partial charge in [0.05, 0.1) is 12.2 Å². The van der Waals surface area contributed by atoms with Gasteiger partial charge in [-0.15, -0.1) is 0 Å². The van der Waals surface area contributed by atoms with Crippen LogP contribution in [0.2, 0.25) is 0 Å². The predicted molar refractivity (Wildman–Crippen MR) is 51.4 cm³/mol. The Kier molecular flexibility index (Phi) is 14.0. The quantitative estimate of drug-likeness (QED) is 0.460. The molecule has 0 aromatic carbocycles. The number of rotatable bonds is 5. The lowest BCUT2D eigenvalue weighted by Crippen LogP contribution is -2.10. The Bertz CT molecular complexity index is 73.7. The Morgan fingerprint density at radius 2 is 1.15 bits per heavy atom. The minimum absolute atomic E-state index is 0.195. The monoisotopic (exact) mass is 194 g/mol. The minimum Gasteiger partial charge on any atom is -0.396 e. The van der Waals surface area contributed by atoms with Crippen molar-refractivity contribution in [2.24, 2.45) is 0 Å². The van der Waals surface area contributed by atoms with Crippen molar-refractivity contribution < 1.29 is 20.4 Å². The van der Waals surface area contributed by atoms with Crippen molar-refractivity contribution in [2.45, 2.75) is 45.3 Å². The Labute approximate surface area is 79.8 Å². The minimum atomic E-state index is -0.375. The Balaban J connectivity index is 0. The van der Waals surface area contributed by atoms with Gasteiger partial charge in [-0.05, 0) is 33.1 Å². The van der Waals surface area contributed by atoms with E-state index >= 15 is 0 Å². The highest BCUT2D eigenvalue weighted by molar-refractivity contribution is 4.51. The summed E-state index contributed by atoms with van der Waals surface area (Å²) in [6.07, 6.45) is 1.16. The van der Waals surface area contributed by atoms with E-state index in [1.807, 2.05) is 0 Å². The second kappa shape index (κ2) is 11.8. The lowest BCUT2D eigenvalue weighted by Gasteiger charge is -2.04. The lowest BCUT2D eigenvalue weighted by molar-refractivity contribution is 0.102. The first-order valence-electron chi connectivity index (χ1n) is 4.62. The molecule has 0 radical (unpaired) electrons. The van der Waals surface area contributed by atoms with E-state index in [0.29, 0.717) is 6.42 Å². The third-order valence-electron chi connectivity index (χ3n) is 1.25. The molecule has 0 heterocycles. The van der Waals surface area contributed by atoms with E-state index in [9.17, 15) is 0 Å². The Hall–Kier alpha value is -0.160. The molecule has 0 aliphatic rings. The average molecular weight is 194 g/mol. The summed E-state index contributed by atoms with van der Waals surface area (Å²) in [6, 6.07) is 0. The number of hydrogen-bond donors (Lipinski definition) is 4. The van der Waals surface area contributed by atoms with Crippen LogP contribution >= 0.6 is 0 Å². The normalized spacial score (nSPS) is 14.3. The highest BCUT2D eigenvalue weighted by atomic mass is 16.3. The van der Waals surface area contributed by atoms with E-state index in [0.717, 1.165) is 12.8 Å². The number of hydrogen-bond acceptors (Lipinski definition) is 4. The summed E-state index contributed by atoms with van der Waals surface area (Å²) in [7, 11) is 0. The zero-order chi connectivity index (χ0) is 10.7. The summed E-state index contributed by atoms with van der Waals surface area (Å²) in [6.45, 7) is 3.71. The molecular formula is C9H22O4. The molecule has 0 fully saturated rings. The largest absolute Gasteiger partial charge is 0.396 e. The molecule has 2 unspecified atom stereocenters. The van der Waals surface area contributed by atoms with Crippen molar-refractivity contribution in [1.29, 1.82) is 0 Å². The van der Waals surface area contributed by atoms with Gasteiger partial charge in [0, 0.05) is 13.2 Å². The molecule has 2 atom stereocenters. The molecule has 4 N–H and O–H groups in total. The first kappa shape index (κ1) is 15.3. The van der Waals surface area contributed by atoms with Crippen molar-refractivity contribution in [3.8, 4) is 0 Å². The van der Waals surface area contributed by atoms with Gasteiger partial charge < -0.3 is 20.4 Å². The van der Waals surface area contributed by atoms with E-state index in [2.05, 4.69) is 0 Å². The van der Waals surface area contributed by atoms with Gasteiger partial charge in [0.1, 0.15) is 0 Å². The maximum Gasteiger partial charge on any atom is 0.0536 e. The molecule has 0 aromatic heterocycles. The van der Waals surface area contributed by atoms with Crippen LogP contribution in [0.5, 0.6) is 0 Å². The van der Waals surface area contributed by atoms with Crippen LogP contribution in [0.1, 0.15) is 33.1 Å². The second-order valence-corrected chi connectivity index (χ2v) is 3.09. The van der Waals surface area contributed by atoms with E-state index in [1.165, 1.54) is 0 Å². The maximum absolute atomic E-state index is 8.56. The predicted octanol–water partition coefficient (Wildman–Crippen LogP) is -0.111. The third kappa shape index (κ3) is 24.5. The fourth-order valence-electron chi connectivity index (χ4n) is 0.717. The summed E-state index contributed by atoms with van der Waals surface area (Å²) in [5.74, 6) is 0.